The van der Waals surface area contributed by atoms with Crippen molar-refractivity contribution in [1.29, 1.82) is 0 Å². The fourth-order valence-electron chi connectivity index (χ4n) is 3.88. The summed E-state index contributed by atoms with van der Waals surface area (Å²) < 4.78 is 0. The second-order valence-electron chi connectivity index (χ2n) is 7.86. The number of amides is 3. The average Bonchev–Trinajstić information content (AvgIpc) is 3.00. The molecule has 0 unspecified atom stereocenters. The molecule has 0 spiro atoms. The molecular formula is C23H19Cl4N3O3. The molecule has 1 aliphatic carbocycles. The van der Waals surface area contributed by atoms with Crippen molar-refractivity contribution in [3.05, 3.63) is 67.8 Å². The minimum Gasteiger partial charge on any atom is -0.350 e. The maximum atomic E-state index is 13.0. The Morgan fingerprint density at radius 1 is 0.848 bits per heavy atom. The number of imide groups is 1. The van der Waals surface area contributed by atoms with Crippen LogP contribution in [0.5, 0.6) is 0 Å². The minimum absolute atomic E-state index is 0.0742. The maximum Gasteiger partial charge on any atom is 0.283 e. The fraction of sp³-hybridized carbons (Fsp3) is 0.261. The highest BCUT2D eigenvalue weighted by Gasteiger charge is 2.40. The first-order valence-corrected chi connectivity index (χ1v) is 11.9. The predicted octanol–water partition coefficient (Wildman–Crippen LogP) is 6.15. The van der Waals surface area contributed by atoms with Crippen molar-refractivity contribution in [1.82, 2.24) is 5.32 Å². The number of nitrogens with zero attached hydrogens (tertiary/aromatic N) is 1. The summed E-state index contributed by atoms with van der Waals surface area (Å²) >= 11 is 24.3. The van der Waals surface area contributed by atoms with Crippen LogP contribution in [0.1, 0.15) is 42.5 Å². The van der Waals surface area contributed by atoms with E-state index in [1.807, 2.05) is 0 Å². The van der Waals surface area contributed by atoms with E-state index in [2.05, 4.69) is 10.6 Å². The van der Waals surface area contributed by atoms with Gasteiger partial charge in [0.25, 0.3) is 17.7 Å². The second-order valence-corrected chi connectivity index (χ2v) is 9.46. The van der Waals surface area contributed by atoms with Crippen LogP contribution in [0.15, 0.2) is 47.1 Å². The molecule has 1 aliphatic heterocycles. The Kier molecular flexibility index (Phi) is 7.19. The Labute approximate surface area is 210 Å². The molecule has 3 amide bonds. The number of carbonyl (C=O) groups is 3. The first-order valence-electron chi connectivity index (χ1n) is 10.4. The number of hydrogen-bond acceptors (Lipinski definition) is 4. The SMILES string of the molecule is O=C(NC1CCCCC1)c1ccc(NC2=C(Cl)C(=O)N(c3cc(Cl)c(Cl)cc3Cl)C2=O)cc1. The van der Waals surface area contributed by atoms with Crippen LogP contribution in [0, 0.1) is 0 Å². The van der Waals surface area contributed by atoms with Gasteiger partial charge in [0.05, 0.1) is 20.8 Å². The lowest BCUT2D eigenvalue weighted by Gasteiger charge is -2.22. The van der Waals surface area contributed by atoms with Crippen molar-refractivity contribution in [2.24, 2.45) is 0 Å². The highest BCUT2D eigenvalue weighted by molar-refractivity contribution is 6.54. The van der Waals surface area contributed by atoms with E-state index in [0.29, 0.717) is 11.3 Å². The monoisotopic (exact) mass is 525 g/mol. The molecule has 1 saturated carbocycles. The molecule has 6 nitrogen and oxygen atoms in total. The summed E-state index contributed by atoms with van der Waals surface area (Å²) in [6.45, 7) is 0. The van der Waals surface area contributed by atoms with E-state index in [1.165, 1.54) is 18.6 Å². The van der Waals surface area contributed by atoms with Crippen LogP contribution in [0.3, 0.4) is 0 Å². The zero-order valence-corrected chi connectivity index (χ0v) is 20.3. The molecule has 0 radical (unpaired) electrons. The lowest BCUT2D eigenvalue weighted by molar-refractivity contribution is -0.120. The maximum absolute atomic E-state index is 13.0. The van der Waals surface area contributed by atoms with Gasteiger partial charge in [-0.05, 0) is 49.2 Å². The van der Waals surface area contributed by atoms with Gasteiger partial charge in [0.1, 0.15) is 10.7 Å². The lowest BCUT2D eigenvalue weighted by atomic mass is 9.95. The summed E-state index contributed by atoms with van der Waals surface area (Å²) in [5, 5.41) is 6.03. The largest absolute Gasteiger partial charge is 0.350 e. The van der Waals surface area contributed by atoms with Gasteiger partial charge in [-0.25, -0.2) is 4.90 Å². The molecule has 2 N–H and O–H groups in total. The van der Waals surface area contributed by atoms with Gasteiger partial charge in [-0.3, -0.25) is 14.4 Å². The standard InChI is InChI=1S/C23H19Cl4N3O3/c24-15-10-17(26)18(11-16(15)25)30-22(32)19(27)20(23(30)33)28-14-8-6-12(7-9-14)21(31)29-13-4-2-1-3-5-13/h6-11,13,28H,1-5H2,(H,29,31). The van der Waals surface area contributed by atoms with E-state index < -0.39 is 11.8 Å². The van der Waals surface area contributed by atoms with Crippen LogP contribution in [-0.2, 0) is 9.59 Å². The van der Waals surface area contributed by atoms with Crippen molar-refractivity contribution in [3.63, 3.8) is 0 Å². The van der Waals surface area contributed by atoms with Gasteiger partial charge in [-0.1, -0.05) is 65.7 Å². The van der Waals surface area contributed by atoms with E-state index >= 15 is 0 Å². The molecular weight excluding hydrogens is 508 g/mol. The van der Waals surface area contributed by atoms with E-state index in [9.17, 15) is 14.4 Å². The summed E-state index contributed by atoms with van der Waals surface area (Å²) in [5.74, 6) is -1.57. The fourth-order valence-corrected chi connectivity index (χ4v) is 4.72. The van der Waals surface area contributed by atoms with Crippen LogP contribution in [0.4, 0.5) is 11.4 Å². The van der Waals surface area contributed by atoms with Crippen molar-refractivity contribution >= 4 is 75.5 Å². The lowest BCUT2D eigenvalue weighted by Crippen LogP contribution is -2.36. The second kappa shape index (κ2) is 9.94. The van der Waals surface area contributed by atoms with Crippen LogP contribution < -0.4 is 15.5 Å². The van der Waals surface area contributed by atoms with Crippen LogP contribution in [-0.4, -0.2) is 23.8 Å². The summed E-state index contributed by atoms with van der Waals surface area (Å²) in [6.07, 6.45) is 5.45. The number of benzene rings is 2. The van der Waals surface area contributed by atoms with Crippen LogP contribution in [0.25, 0.3) is 0 Å². The third-order valence-electron chi connectivity index (χ3n) is 5.61. The zero-order valence-electron chi connectivity index (χ0n) is 17.3. The Bertz CT molecular complexity index is 1160. The zero-order chi connectivity index (χ0) is 23.7. The quantitative estimate of drug-likeness (QED) is 0.362. The van der Waals surface area contributed by atoms with Gasteiger partial charge < -0.3 is 10.6 Å². The average molecular weight is 527 g/mol. The molecule has 0 bridgehead atoms. The Morgan fingerprint density at radius 2 is 1.48 bits per heavy atom. The summed E-state index contributed by atoms with van der Waals surface area (Å²) in [5.41, 5.74) is 0.957. The third-order valence-corrected chi connectivity index (χ3v) is 6.99. The van der Waals surface area contributed by atoms with E-state index in [1.54, 1.807) is 24.3 Å². The predicted molar refractivity (Wildman–Crippen MR) is 131 cm³/mol. The summed E-state index contributed by atoms with van der Waals surface area (Å²) in [6, 6.07) is 9.44. The molecule has 0 aromatic heterocycles. The van der Waals surface area contributed by atoms with E-state index in [-0.39, 0.29) is 43.4 Å². The molecule has 1 heterocycles. The van der Waals surface area contributed by atoms with Crippen LogP contribution in [0.2, 0.25) is 15.1 Å². The molecule has 2 aromatic rings. The van der Waals surface area contributed by atoms with Crippen molar-refractivity contribution in [2.75, 3.05) is 10.2 Å². The number of halogens is 4. The van der Waals surface area contributed by atoms with E-state index in [4.69, 9.17) is 46.4 Å². The van der Waals surface area contributed by atoms with Crippen molar-refractivity contribution in [3.8, 4) is 0 Å². The smallest absolute Gasteiger partial charge is 0.283 e. The number of anilines is 2. The normalized spacial score (nSPS) is 17.0. The molecule has 2 aromatic carbocycles. The molecule has 2 aliphatic rings. The first kappa shape index (κ1) is 23.9. The number of rotatable bonds is 5. The number of nitrogens with one attached hydrogen (secondary N) is 2. The van der Waals surface area contributed by atoms with Gasteiger partial charge >= 0.3 is 0 Å². The molecule has 172 valence electrons. The minimum atomic E-state index is -0.743. The molecule has 0 atom stereocenters. The van der Waals surface area contributed by atoms with Gasteiger partial charge in [-0.15, -0.1) is 0 Å². The van der Waals surface area contributed by atoms with Gasteiger partial charge in [-0.2, -0.15) is 0 Å². The Hall–Kier alpha value is -2.25. The van der Waals surface area contributed by atoms with Gasteiger partial charge in [0.2, 0.25) is 0 Å². The topological polar surface area (TPSA) is 78.5 Å². The van der Waals surface area contributed by atoms with Crippen molar-refractivity contribution < 1.29 is 14.4 Å². The highest BCUT2D eigenvalue weighted by Crippen LogP contribution is 2.38. The molecule has 0 saturated heterocycles. The number of hydrogen-bond donors (Lipinski definition) is 2. The number of carbonyl (C=O) groups excluding carboxylic acids is 3. The Balaban J connectivity index is 1.48. The van der Waals surface area contributed by atoms with E-state index in [0.717, 1.165) is 30.6 Å². The van der Waals surface area contributed by atoms with Crippen LogP contribution >= 0.6 is 46.4 Å². The highest BCUT2D eigenvalue weighted by atomic mass is 35.5. The van der Waals surface area contributed by atoms with Gasteiger partial charge in [0.15, 0.2) is 0 Å². The summed E-state index contributed by atoms with van der Waals surface area (Å²) in [7, 11) is 0. The molecule has 33 heavy (non-hydrogen) atoms. The third kappa shape index (κ3) is 4.99. The molecule has 1 fully saturated rings. The molecule has 4 rings (SSSR count). The Morgan fingerprint density at radius 3 is 2.15 bits per heavy atom. The van der Waals surface area contributed by atoms with Crippen molar-refractivity contribution in [2.45, 2.75) is 38.1 Å². The first-order chi connectivity index (χ1) is 15.8. The van der Waals surface area contributed by atoms with Gasteiger partial charge in [0, 0.05) is 17.3 Å². The summed E-state index contributed by atoms with van der Waals surface area (Å²) in [4.78, 5) is 39.0. The molecule has 10 heteroatoms.